The Morgan fingerprint density at radius 1 is 0.929 bits per heavy atom. The van der Waals surface area contributed by atoms with Crippen LogP contribution in [-0.2, 0) is 5.67 Å². The number of hydrogen-bond donors (Lipinski definition) is 2. The molecule has 2 N–H and O–H groups in total. The average Bonchev–Trinajstić information content (AvgIpc) is 2.90. The molecule has 8 nitrogen and oxygen atoms in total. The molecule has 1 fully saturated rings. The fraction of sp³-hybridized carbons (Fsp3) is 0.462. The molecule has 0 spiro atoms. The summed E-state index contributed by atoms with van der Waals surface area (Å²) < 4.78 is 93.2. The lowest BCUT2D eigenvalue weighted by Gasteiger charge is -2.40. The van der Waals surface area contributed by atoms with E-state index >= 15 is 0 Å². The van der Waals surface area contributed by atoms with Gasteiger partial charge in [0, 0.05) is 49.7 Å². The summed E-state index contributed by atoms with van der Waals surface area (Å²) in [5.41, 5.74) is -7.08. The van der Waals surface area contributed by atoms with Gasteiger partial charge in [0.1, 0.15) is 5.82 Å². The Hall–Kier alpha value is -3.62. The van der Waals surface area contributed by atoms with Crippen LogP contribution in [-0.4, -0.2) is 64.5 Å². The maximum absolute atomic E-state index is 14.4. The first-order valence-electron chi connectivity index (χ1n) is 12.9. The first kappa shape index (κ1) is 31.3. The van der Waals surface area contributed by atoms with Crippen LogP contribution in [0.2, 0.25) is 5.02 Å². The fourth-order valence-corrected chi connectivity index (χ4v) is 4.62. The number of hydrogen-bond acceptors (Lipinski definition) is 8. The van der Waals surface area contributed by atoms with E-state index < -0.39 is 23.6 Å². The quantitative estimate of drug-likeness (QED) is 0.268. The summed E-state index contributed by atoms with van der Waals surface area (Å²) >= 11 is 6.32. The number of nitrogens with one attached hydrogen (secondary N) is 2. The van der Waals surface area contributed by atoms with Gasteiger partial charge in [0.05, 0.1) is 5.02 Å². The van der Waals surface area contributed by atoms with E-state index in [1.54, 1.807) is 18.3 Å². The summed E-state index contributed by atoms with van der Waals surface area (Å²) in [6.45, 7) is 8.03. The number of aromatic nitrogens is 4. The Labute approximate surface area is 242 Å². The van der Waals surface area contributed by atoms with Crippen molar-refractivity contribution < 1.29 is 30.7 Å². The molecule has 1 aliphatic heterocycles. The molecule has 1 aromatic carbocycles. The number of anilines is 5. The Balaban J connectivity index is 1.59. The van der Waals surface area contributed by atoms with Gasteiger partial charge < -0.3 is 20.4 Å². The van der Waals surface area contributed by atoms with E-state index in [1.165, 1.54) is 0 Å². The topological polar surface area (TPSA) is 82.1 Å². The summed E-state index contributed by atoms with van der Waals surface area (Å²) in [6.07, 6.45) is -10.8. The molecule has 0 radical (unpaired) electrons. The molecular weight excluding hydrogens is 593 g/mol. The predicted octanol–water partition coefficient (Wildman–Crippen LogP) is 6.74. The lowest BCUT2D eigenvalue weighted by molar-refractivity contribution is -0.348. The first-order chi connectivity index (χ1) is 19.6. The highest BCUT2D eigenvalue weighted by Gasteiger charge is 2.73. The Morgan fingerprint density at radius 2 is 1.57 bits per heavy atom. The van der Waals surface area contributed by atoms with Gasteiger partial charge in [-0.25, -0.2) is 9.37 Å². The highest BCUT2D eigenvalue weighted by atomic mass is 35.5. The van der Waals surface area contributed by atoms with Gasteiger partial charge in [0.2, 0.25) is 17.8 Å². The van der Waals surface area contributed by atoms with Crippen molar-refractivity contribution in [3.05, 3.63) is 53.2 Å². The van der Waals surface area contributed by atoms with E-state index in [2.05, 4.69) is 30.6 Å². The van der Waals surface area contributed by atoms with Gasteiger partial charge in [-0.05, 0) is 37.1 Å². The van der Waals surface area contributed by atoms with Crippen molar-refractivity contribution in [3.63, 3.8) is 0 Å². The Morgan fingerprint density at radius 3 is 2.14 bits per heavy atom. The molecule has 2 aromatic heterocycles. The highest BCUT2D eigenvalue weighted by molar-refractivity contribution is 6.32. The average molecular weight is 621 g/mol. The Bertz CT molecular complexity index is 1350. The second-order valence-corrected chi connectivity index (χ2v) is 10.6. The molecule has 42 heavy (non-hydrogen) atoms. The van der Waals surface area contributed by atoms with Crippen LogP contribution in [0.3, 0.4) is 0 Å². The molecule has 0 bridgehead atoms. The predicted molar refractivity (Wildman–Crippen MR) is 146 cm³/mol. The smallest absolute Gasteiger partial charge is 0.354 e. The van der Waals surface area contributed by atoms with E-state index in [-0.39, 0.29) is 29.5 Å². The third-order valence-corrected chi connectivity index (χ3v) is 6.83. The monoisotopic (exact) mass is 620 g/mol. The minimum absolute atomic E-state index is 0.0143. The summed E-state index contributed by atoms with van der Waals surface area (Å²) in [7, 11) is 0. The fourth-order valence-electron chi connectivity index (χ4n) is 4.38. The molecule has 4 rings (SSSR count). The lowest BCUT2D eigenvalue weighted by atomic mass is 9.94. The maximum Gasteiger partial charge on any atom is 0.435 e. The van der Waals surface area contributed by atoms with Crippen molar-refractivity contribution in [1.29, 1.82) is 0 Å². The van der Waals surface area contributed by atoms with Gasteiger partial charge in [-0.1, -0.05) is 37.6 Å². The van der Waals surface area contributed by atoms with Crippen LogP contribution in [0.25, 0.3) is 0 Å². The molecule has 1 aliphatic rings. The number of nitrogens with zero attached hydrogens (tertiary/aromatic N) is 6. The number of piperazine rings is 1. The van der Waals surface area contributed by atoms with E-state index in [4.69, 9.17) is 11.6 Å². The van der Waals surface area contributed by atoms with Gasteiger partial charge >= 0.3 is 18.0 Å². The molecule has 1 atom stereocenters. The van der Waals surface area contributed by atoms with Crippen molar-refractivity contribution >= 4 is 41.0 Å². The summed E-state index contributed by atoms with van der Waals surface area (Å²) in [5.74, 6) is 1.39. The standard InChI is InChI=1S/C26H28ClF7N8/c1-15(2)13-36-21-38-22(37-18-8-6-17(7-9-18)24(28,25(29,30)31)26(32,33)34)40-23(39-21)42-12-11-41(14-16(42)3)20-19(27)5-4-10-35-20/h4-10,15-16H,11-14H2,1-3H3,(H2,36,37,38,39,40). The number of benzene rings is 1. The molecule has 3 aromatic rings. The van der Waals surface area contributed by atoms with E-state index in [0.29, 0.717) is 55.1 Å². The number of halogens is 8. The van der Waals surface area contributed by atoms with Gasteiger partial charge in [-0.3, -0.25) is 0 Å². The largest absolute Gasteiger partial charge is 0.435 e. The molecule has 0 amide bonds. The van der Waals surface area contributed by atoms with E-state index in [0.717, 1.165) is 12.1 Å². The first-order valence-corrected chi connectivity index (χ1v) is 13.3. The molecule has 1 saturated heterocycles. The molecule has 0 saturated carbocycles. The summed E-state index contributed by atoms with van der Waals surface area (Å²) in [5, 5.41) is 6.40. The normalized spacial score (nSPS) is 16.6. The minimum Gasteiger partial charge on any atom is -0.354 e. The highest BCUT2D eigenvalue weighted by Crippen LogP contribution is 2.53. The zero-order valence-electron chi connectivity index (χ0n) is 22.7. The van der Waals surface area contributed by atoms with Crippen molar-refractivity contribution in [2.75, 3.05) is 46.6 Å². The van der Waals surface area contributed by atoms with Gasteiger partial charge in [-0.15, -0.1) is 0 Å². The van der Waals surface area contributed by atoms with Crippen LogP contribution >= 0.6 is 11.6 Å². The zero-order valence-corrected chi connectivity index (χ0v) is 23.5. The molecule has 0 aliphatic carbocycles. The van der Waals surface area contributed by atoms with Crippen molar-refractivity contribution in [1.82, 2.24) is 19.9 Å². The number of alkyl halides is 7. The van der Waals surface area contributed by atoms with Crippen LogP contribution in [0, 0.1) is 5.92 Å². The van der Waals surface area contributed by atoms with Gasteiger partial charge in [0.25, 0.3) is 0 Å². The summed E-state index contributed by atoms with van der Waals surface area (Å²) in [4.78, 5) is 21.6. The van der Waals surface area contributed by atoms with Crippen molar-refractivity contribution in [2.24, 2.45) is 5.92 Å². The van der Waals surface area contributed by atoms with Gasteiger partial charge in [-0.2, -0.15) is 41.3 Å². The summed E-state index contributed by atoms with van der Waals surface area (Å²) in [6, 6.07) is 6.02. The van der Waals surface area contributed by atoms with E-state index in [1.807, 2.05) is 30.6 Å². The molecular formula is C26H28ClF7N8. The zero-order chi connectivity index (χ0) is 30.9. The number of pyridine rings is 1. The third kappa shape index (κ3) is 6.55. The van der Waals surface area contributed by atoms with Crippen molar-refractivity contribution in [2.45, 2.75) is 44.8 Å². The van der Waals surface area contributed by atoms with E-state index in [9.17, 15) is 30.7 Å². The maximum atomic E-state index is 14.4. The second kappa shape index (κ2) is 11.9. The van der Waals surface area contributed by atoms with Crippen molar-refractivity contribution in [3.8, 4) is 0 Å². The molecule has 228 valence electrons. The SMILES string of the molecule is CC(C)CNc1nc(Nc2ccc(C(F)(C(F)(F)F)C(F)(F)F)cc2)nc(N2CCN(c3ncccc3Cl)CC2C)n1. The van der Waals surface area contributed by atoms with Crippen LogP contribution in [0.5, 0.6) is 0 Å². The molecule has 1 unspecified atom stereocenters. The third-order valence-electron chi connectivity index (χ3n) is 6.54. The van der Waals surface area contributed by atoms with Crippen LogP contribution in [0.15, 0.2) is 42.6 Å². The van der Waals surface area contributed by atoms with Crippen LogP contribution in [0.1, 0.15) is 26.3 Å². The molecule has 3 heterocycles. The van der Waals surface area contributed by atoms with Gasteiger partial charge in [0.15, 0.2) is 0 Å². The molecule has 16 heteroatoms. The second-order valence-electron chi connectivity index (χ2n) is 10.2. The Kier molecular flexibility index (Phi) is 8.90. The van der Waals surface area contributed by atoms with Crippen LogP contribution < -0.4 is 20.4 Å². The number of rotatable bonds is 8. The lowest BCUT2D eigenvalue weighted by Crippen LogP contribution is -2.53. The van der Waals surface area contributed by atoms with Crippen LogP contribution in [0.4, 0.5) is 60.1 Å². The minimum atomic E-state index is -6.21.